The van der Waals surface area contributed by atoms with E-state index >= 15 is 0 Å². The molecule has 2 unspecified atom stereocenters. The fraction of sp³-hybridized carbons (Fsp3) is 0.643. The largest absolute Gasteiger partial charge is 0.490 e. The Hall–Kier alpha value is -1.29. The lowest BCUT2D eigenvalue weighted by molar-refractivity contribution is 0.316. The number of piperidine rings is 1. The molecule has 4 heteroatoms. The molecular weight excluding hydrogens is 226 g/mol. The van der Waals surface area contributed by atoms with Crippen LogP contribution in [0.5, 0.6) is 5.75 Å². The normalized spacial score (nSPS) is 23.7. The highest BCUT2D eigenvalue weighted by Crippen LogP contribution is 2.24. The maximum atomic E-state index is 5.71. The SMILES string of the molecule is CCCOc1cccnc1NC1CCNC(C)C1. The van der Waals surface area contributed by atoms with E-state index in [0.29, 0.717) is 12.1 Å². The lowest BCUT2D eigenvalue weighted by atomic mass is 10.0. The second-order valence-corrected chi connectivity index (χ2v) is 4.92. The highest BCUT2D eigenvalue weighted by molar-refractivity contribution is 5.50. The van der Waals surface area contributed by atoms with Gasteiger partial charge in [-0.1, -0.05) is 6.92 Å². The summed E-state index contributed by atoms with van der Waals surface area (Å²) < 4.78 is 5.71. The first kappa shape index (κ1) is 13.1. The van der Waals surface area contributed by atoms with Crippen molar-refractivity contribution in [2.75, 3.05) is 18.5 Å². The number of rotatable bonds is 5. The minimum atomic E-state index is 0.486. The van der Waals surface area contributed by atoms with Crippen LogP contribution in [0.25, 0.3) is 0 Å². The molecule has 2 N–H and O–H groups in total. The summed E-state index contributed by atoms with van der Waals surface area (Å²) in [4.78, 5) is 4.39. The molecule has 0 bridgehead atoms. The summed E-state index contributed by atoms with van der Waals surface area (Å²) in [7, 11) is 0. The van der Waals surface area contributed by atoms with Crippen LogP contribution in [-0.4, -0.2) is 30.2 Å². The van der Waals surface area contributed by atoms with Crippen LogP contribution >= 0.6 is 0 Å². The summed E-state index contributed by atoms with van der Waals surface area (Å²) >= 11 is 0. The van der Waals surface area contributed by atoms with E-state index in [4.69, 9.17) is 4.74 Å². The maximum absolute atomic E-state index is 5.71. The third-order valence-electron chi connectivity index (χ3n) is 3.20. The summed E-state index contributed by atoms with van der Waals surface area (Å²) in [5, 5.41) is 6.97. The molecule has 1 aromatic heterocycles. The summed E-state index contributed by atoms with van der Waals surface area (Å²) in [6, 6.07) is 4.96. The van der Waals surface area contributed by atoms with Crippen LogP contribution in [0, 0.1) is 0 Å². The molecule has 0 aromatic carbocycles. The standard InChI is InChI=1S/C14H23N3O/c1-3-9-18-13-5-4-7-16-14(13)17-12-6-8-15-11(2)10-12/h4-5,7,11-12,15H,3,6,8-10H2,1-2H3,(H,16,17). The van der Waals surface area contributed by atoms with Gasteiger partial charge < -0.3 is 15.4 Å². The Morgan fingerprint density at radius 3 is 3.22 bits per heavy atom. The number of hydrogen-bond acceptors (Lipinski definition) is 4. The number of nitrogens with one attached hydrogen (secondary N) is 2. The molecule has 18 heavy (non-hydrogen) atoms. The van der Waals surface area contributed by atoms with Gasteiger partial charge in [0.05, 0.1) is 6.61 Å². The summed E-state index contributed by atoms with van der Waals surface area (Å²) in [5.41, 5.74) is 0. The summed E-state index contributed by atoms with van der Waals surface area (Å²) in [6.45, 7) is 6.14. The Balaban J connectivity index is 1.99. The first-order valence-electron chi connectivity index (χ1n) is 6.87. The lowest BCUT2D eigenvalue weighted by Crippen LogP contribution is -2.41. The predicted molar refractivity (Wildman–Crippen MR) is 74.1 cm³/mol. The van der Waals surface area contributed by atoms with Crippen molar-refractivity contribution in [2.24, 2.45) is 0 Å². The first-order chi connectivity index (χ1) is 8.79. The predicted octanol–water partition coefficient (Wildman–Crippen LogP) is 2.42. The van der Waals surface area contributed by atoms with Crippen LogP contribution in [0.3, 0.4) is 0 Å². The fourth-order valence-electron chi connectivity index (χ4n) is 2.28. The van der Waals surface area contributed by atoms with Gasteiger partial charge in [-0.25, -0.2) is 4.98 Å². The molecule has 4 nitrogen and oxygen atoms in total. The van der Waals surface area contributed by atoms with E-state index in [0.717, 1.165) is 44.0 Å². The Labute approximate surface area is 109 Å². The monoisotopic (exact) mass is 249 g/mol. The van der Waals surface area contributed by atoms with Crippen LogP contribution in [0.2, 0.25) is 0 Å². The summed E-state index contributed by atoms with van der Waals surface area (Å²) in [5.74, 6) is 1.75. The van der Waals surface area contributed by atoms with Crippen LogP contribution < -0.4 is 15.4 Å². The van der Waals surface area contributed by atoms with E-state index in [-0.39, 0.29) is 0 Å². The van der Waals surface area contributed by atoms with Crippen LogP contribution in [0.15, 0.2) is 18.3 Å². The summed E-state index contributed by atoms with van der Waals surface area (Å²) in [6.07, 6.45) is 5.09. The van der Waals surface area contributed by atoms with Crippen molar-refractivity contribution in [3.8, 4) is 5.75 Å². The zero-order valence-electron chi connectivity index (χ0n) is 11.3. The topological polar surface area (TPSA) is 46.2 Å². The van der Waals surface area contributed by atoms with Crippen molar-refractivity contribution in [1.82, 2.24) is 10.3 Å². The minimum absolute atomic E-state index is 0.486. The van der Waals surface area contributed by atoms with E-state index < -0.39 is 0 Å². The van der Waals surface area contributed by atoms with Gasteiger partial charge in [0.1, 0.15) is 0 Å². The highest BCUT2D eigenvalue weighted by atomic mass is 16.5. The third kappa shape index (κ3) is 3.60. The molecule has 0 radical (unpaired) electrons. The van der Waals surface area contributed by atoms with E-state index in [1.165, 1.54) is 0 Å². The average Bonchev–Trinajstić information content (AvgIpc) is 2.38. The third-order valence-corrected chi connectivity index (χ3v) is 3.20. The quantitative estimate of drug-likeness (QED) is 0.841. The molecule has 1 saturated heterocycles. The molecular formula is C14H23N3O. The van der Waals surface area contributed by atoms with Crippen molar-refractivity contribution in [1.29, 1.82) is 0 Å². The van der Waals surface area contributed by atoms with Gasteiger partial charge in [0.25, 0.3) is 0 Å². The first-order valence-corrected chi connectivity index (χ1v) is 6.87. The number of aromatic nitrogens is 1. The Bertz CT molecular complexity index is 370. The zero-order valence-corrected chi connectivity index (χ0v) is 11.3. The van der Waals surface area contributed by atoms with Crippen molar-refractivity contribution in [3.63, 3.8) is 0 Å². The van der Waals surface area contributed by atoms with Crippen LogP contribution in [0.4, 0.5) is 5.82 Å². The van der Waals surface area contributed by atoms with Gasteiger partial charge in [-0.2, -0.15) is 0 Å². The molecule has 1 aliphatic heterocycles. The molecule has 2 atom stereocenters. The van der Waals surface area contributed by atoms with Crippen molar-refractivity contribution in [2.45, 2.75) is 45.2 Å². The number of ether oxygens (including phenoxy) is 1. The number of pyridine rings is 1. The highest BCUT2D eigenvalue weighted by Gasteiger charge is 2.19. The van der Waals surface area contributed by atoms with E-state index in [2.05, 4.69) is 29.5 Å². The van der Waals surface area contributed by atoms with Crippen molar-refractivity contribution < 1.29 is 4.74 Å². The number of nitrogens with zero attached hydrogens (tertiary/aromatic N) is 1. The van der Waals surface area contributed by atoms with E-state index in [9.17, 15) is 0 Å². The van der Waals surface area contributed by atoms with Crippen molar-refractivity contribution >= 4 is 5.82 Å². The van der Waals surface area contributed by atoms with Gasteiger partial charge in [-0.05, 0) is 44.9 Å². The van der Waals surface area contributed by atoms with Gasteiger partial charge >= 0.3 is 0 Å². The molecule has 1 aliphatic rings. The Kier molecular flexibility index (Phi) is 4.81. The van der Waals surface area contributed by atoms with E-state index in [1.807, 2.05) is 18.3 Å². The molecule has 0 amide bonds. The number of anilines is 1. The molecule has 2 rings (SSSR count). The van der Waals surface area contributed by atoms with Crippen LogP contribution in [0.1, 0.15) is 33.1 Å². The lowest BCUT2D eigenvalue weighted by Gasteiger charge is -2.29. The second-order valence-electron chi connectivity index (χ2n) is 4.92. The fourth-order valence-corrected chi connectivity index (χ4v) is 2.28. The average molecular weight is 249 g/mol. The van der Waals surface area contributed by atoms with Crippen LogP contribution in [-0.2, 0) is 0 Å². The number of hydrogen-bond donors (Lipinski definition) is 2. The zero-order chi connectivity index (χ0) is 12.8. The molecule has 1 aromatic rings. The van der Waals surface area contributed by atoms with Crippen molar-refractivity contribution in [3.05, 3.63) is 18.3 Å². The van der Waals surface area contributed by atoms with Gasteiger partial charge in [0.15, 0.2) is 11.6 Å². The van der Waals surface area contributed by atoms with Gasteiger partial charge in [-0.3, -0.25) is 0 Å². The molecule has 0 saturated carbocycles. The maximum Gasteiger partial charge on any atom is 0.168 e. The molecule has 1 fully saturated rings. The Morgan fingerprint density at radius 1 is 1.56 bits per heavy atom. The van der Waals surface area contributed by atoms with Gasteiger partial charge in [0, 0.05) is 18.3 Å². The Morgan fingerprint density at radius 2 is 2.44 bits per heavy atom. The molecule has 0 aliphatic carbocycles. The molecule has 2 heterocycles. The van der Waals surface area contributed by atoms with Gasteiger partial charge in [0.2, 0.25) is 0 Å². The minimum Gasteiger partial charge on any atom is -0.490 e. The van der Waals surface area contributed by atoms with Gasteiger partial charge in [-0.15, -0.1) is 0 Å². The molecule has 100 valence electrons. The smallest absolute Gasteiger partial charge is 0.168 e. The van der Waals surface area contributed by atoms with E-state index in [1.54, 1.807) is 0 Å². The molecule has 0 spiro atoms. The second kappa shape index (κ2) is 6.59.